The van der Waals surface area contributed by atoms with Crippen molar-refractivity contribution >= 4 is 17.4 Å². The quantitative estimate of drug-likeness (QED) is 0.752. The Morgan fingerprint density at radius 1 is 0.958 bits per heavy atom. The number of anilines is 2. The highest BCUT2D eigenvalue weighted by molar-refractivity contribution is 5.93. The summed E-state index contributed by atoms with van der Waals surface area (Å²) in [5.74, 6) is 0.346. The van der Waals surface area contributed by atoms with Crippen LogP contribution in [0.2, 0.25) is 0 Å². The third-order valence-corrected chi connectivity index (χ3v) is 3.59. The number of amides is 1. The molecule has 3 aromatic rings. The largest absolute Gasteiger partial charge is 0.344 e. The lowest BCUT2D eigenvalue weighted by Gasteiger charge is -2.14. The molecule has 0 aliphatic heterocycles. The molecule has 1 atom stereocenters. The summed E-state index contributed by atoms with van der Waals surface area (Å²) in [6.07, 6.45) is 1.38. The Balaban J connectivity index is 1.70. The van der Waals surface area contributed by atoms with Crippen LogP contribution < -0.4 is 10.6 Å². The van der Waals surface area contributed by atoms with Crippen molar-refractivity contribution < 1.29 is 4.79 Å². The van der Waals surface area contributed by atoms with Gasteiger partial charge in [0.25, 0.3) is 5.91 Å². The number of aromatic nitrogens is 2. The number of carbonyl (C=O) groups excluding carboxylic acids is 1. The van der Waals surface area contributed by atoms with Gasteiger partial charge in [-0.25, -0.2) is 9.97 Å². The summed E-state index contributed by atoms with van der Waals surface area (Å²) in [6.45, 7) is 1.94. The van der Waals surface area contributed by atoms with Crippen LogP contribution in [0.25, 0.3) is 0 Å². The molecule has 1 amide bonds. The van der Waals surface area contributed by atoms with E-state index in [1.54, 1.807) is 6.07 Å². The normalized spacial score (nSPS) is 11.5. The predicted molar refractivity (Wildman–Crippen MR) is 94.1 cm³/mol. The molecule has 2 N–H and O–H groups in total. The first-order valence-electron chi connectivity index (χ1n) is 7.72. The number of benzene rings is 2. The molecule has 0 fully saturated rings. The first-order valence-corrected chi connectivity index (χ1v) is 7.72. The van der Waals surface area contributed by atoms with Crippen LogP contribution in [-0.2, 0) is 0 Å². The minimum atomic E-state index is -0.232. The molecule has 24 heavy (non-hydrogen) atoms. The highest BCUT2D eigenvalue weighted by Gasteiger charge is 2.13. The number of nitrogens with one attached hydrogen (secondary N) is 2. The zero-order valence-corrected chi connectivity index (χ0v) is 13.3. The fraction of sp³-hybridized carbons (Fsp3) is 0.105. The molecule has 0 bridgehead atoms. The molecule has 1 aromatic heterocycles. The Labute approximate surface area is 140 Å². The van der Waals surface area contributed by atoms with Crippen molar-refractivity contribution in [3.05, 3.63) is 84.3 Å². The summed E-state index contributed by atoms with van der Waals surface area (Å²) in [7, 11) is 0. The van der Waals surface area contributed by atoms with Crippen LogP contribution in [0.3, 0.4) is 0 Å². The molecule has 0 aliphatic carbocycles. The maximum atomic E-state index is 12.4. The van der Waals surface area contributed by atoms with Gasteiger partial charge in [0, 0.05) is 11.8 Å². The van der Waals surface area contributed by atoms with Gasteiger partial charge in [0.2, 0.25) is 0 Å². The number of hydrogen-bond acceptors (Lipinski definition) is 4. The van der Waals surface area contributed by atoms with Crippen molar-refractivity contribution in [2.75, 3.05) is 5.32 Å². The van der Waals surface area contributed by atoms with Gasteiger partial charge in [-0.1, -0.05) is 48.5 Å². The molecule has 0 radical (unpaired) electrons. The van der Waals surface area contributed by atoms with E-state index < -0.39 is 0 Å². The van der Waals surface area contributed by atoms with Crippen LogP contribution in [0.1, 0.15) is 29.0 Å². The fourth-order valence-electron chi connectivity index (χ4n) is 2.31. The number of rotatable bonds is 5. The van der Waals surface area contributed by atoms with E-state index in [9.17, 15) is 4.79 Å². The van der Waals surface area contributed by atoms with E-state index in [1.165, 1.54) is 6.33 Å². The van der Waals surface area contributed by atoms with Crippen molar-refractivity contribution in [3.8, 4) is 0 Å². The maximum absolute atomic E-state index is 12.4. The first-order chi connectivity index (χ1) is 11.7. The lowest BCUT2D eigenvalue weighted by Crippen LogP contribution is -2.27. The Morgan fingerprint density at radius 2 is 1.62 bits per heavy atom. The third-order valence-electron chi connectivity index (χ3n) is 3.59. The predicted octanol–water partition coefficient (Wildman–Crippen LogP) is 3.71. The molecule has 5 nitrogen and oxygen atoms in total. The van der Waals surface area contributed by atoms with Crippen LogP contribution in [0.4, 0.5) is 11.5 Å². The Bertz CT molecular complexity index is 806. The van der Waals surface area contributed by atoms with Crippen LogP contribution in [0.5, 0.6) is 0 Å². The second-order valence-electron chi connectivity index (χ2n) is 5.39. The van der Waals surface area contributed by atoms with E-state index >= 15 is 0 Å². The van der Waals surface area contributed by atoms with Gasteiger partial charge in [0.15, 0.2) is 0 Å². The van der Waals surface area contributed by atoms with Crippen molar-refractivity contribution in [2.24, 2.45) is 0 Å². The van der Waals surface area contributed by atoms with Crippen molar-refractivity contribution in [3.63, 3.8) is 0 Å². The number of nitrogens with zero attached hydrogens (tertiary/aromatic N) is 2. The van der Waals surface area contributed by atoms with E-state index in [2.05, 4.69) is 20.6 Å². The summed E-state index contributed by atoms with van der Waals surface area (Å²) in [5.41, 5.74) is 2.27. The summed E-state index contributed by atoms with van der Waals surface area (Å²) in [6, 6.07) is 21.0. The second-order valence-corrected chi connectivity index (χ2v) is 5.39. The molecule has 0 aliphatic rings. The van der Waals surface area contributed by atoms with Crippen LogP contribution >= 0.6 is 0 Å². The van der Waals surface area contributed by atoms with Gasteiger partial charge >= 0.3 is 0 Å². The van der Waals surface area contributed by atoms with Crippen LogP contribution in [0, 0.1) is 0 Å². The number of hydrogen-bond donors (Lipinski definition) is 2. The minimum absolute atomic E-state index is 0.0980. The highest BCUT2D eigenvalue weighted by atomic mass is 16.1. The zero-order valence-electron chi connectivity index (χ0n) is 13.3. The lowest BCUT2D eigenvalue weighted by atomic mass is 10.1. The van der Waals surface area contributed by atoms with Crippen molar-refractivity contribution in [1.29, 1.82) is 0 Å². The van der Waals surface area contributed by atoms with E-state index in [1.807, 2.05) is 67.6 Å². The average molecular weight is 318 g/mol. The van der Waals surface area contributed by atoms with Gasteiger partial charge < -0.3 is 10.6 Å². The average Bonchev–Trinajstić information content (AvgIpc) is 2.63. The van der Waals surface area contributed by atoms with Gasteiger partial charge in [-0.3, -0.25) is 4.79 Å². The van der Waals surface area contributed by atoms with Crippen molar-refractivity contribution in [1.82, 2.24) is 15.3 Å². The van der Waals surface area contributed by atoms with E-state index in [-0.39, 0.29) is 11.9 Å². The Kier molecular flexibility index (Phi) is 4.81. The Morgan fingerprint density at radius 3 is 2.33 bits per heavy atom. The summed E-state index contributed by atoms with van der Waals surface area (Å²) >= 11 is 0. The van der Waals surface area contributed by atoms with Crippen molar-refractivity contribution in [2.45, 2.75) is 13.0 Å². The number of para-hydroxylation sites is 1. The summed E-state index contributed by atoms with van der Waals surface area (Å²) in [5, 5.41) is 6.10. The van der Waals surface area contributed by atoms with E-state index in [0.717, 1.165) is 11.3 Å². The van der Waals surface area contributed by atoms with Crippen LogP contribution in [-0.4, -0.2) is 15.9 Å². The van der Waals surface area contributed by atoms with Gasteiger partial charge in [-0.05, 0) is 24.6 Å². The van der Waals surface area contributed by atoms with Gasteiger partial charge in [0.05, 0.1) is 6.04 Å². The summed E-state index contributed by atoms with van der Waals surface area (Å²) in [4.78, 5) is 20.6. The molecule has 1 heterocycles. The second kappa shape index (κ2) is 7.37. The molecule has 0 saturated heterocycles. The Hall–Kier alpha value is -3.21. The molecule has 2 aromatic carbocycles. The zero-order chi connectivity index (χ0) is 16.8. The highest BCUT2D eigenvalue weighted by Crippen LogP contribution is 2.15. The molecular weight excluding hydrogens is 300 g/mol. The lowest BCUT2D eigenvalue weighted by molar-refractivity contribution is 0.0934. The molecule has 0 spiro atoms. The molecule has 3 rings (SSSR count). The smallest absolute Gasteiger partial charge is 0.270 e. The monoisotopic (exact) mass is 318 g/mol. The van der Waals surface area contributed by atoms with Crippen LogP contribution in [0.15, 0.2) is 73.1 Å². The van der Waals surface area contributed by atoms with E-state index in [4.69, 9.17) is 0 Å². The molecular formula is C19H18N4O. The fourth-order valence-corrected chi connectivity index (χ4v) is 2.31. The molecule has 0 saturated carbocycles. The maximum Gasteiger partial charge on any atom is 0.270 e. The molecule has 120 valence electrons. The number of carbonyl (C=O) groups is 1. The first kappa shape index (κ1) is 15.7. The SMILES string of the molecule is CC(NC(=O)c1cc(Nc2ccccc2)ncn1)c1ccccc1. The minimum Gasteiger partial charge on any atom is -0.344 e. The molecule has 5 heteroatoms. The van der Waals surface area contributed by atoms with Gasteiger partial charge in [0.1, 0.15) is 17.8 Å². The van der Waals surface area contributed by atoms with Gasteiger partial charge in [-0.2, -0.15) is 0 Å². The van der Waals surface area contributed by atoms with E-state index in [0.29, 0.717) is 11.5 Å². The topological polar surface area (TPSA) is 66.9 Å². The standard InChI is InChI=1S/C19H18N4O/c1-14(15-8-4-2-5-9-15)22-19(24)17-12-18(21-13-20-17)23-16-10-6-3-7-11-16/h2-14H,1H3,(H,22,24)(H,20,21,23). The van der Waals surface area contributed by atoms with Gasteiger partial charge in [-0.15, -0.1) is 0 Å². The third kappa shape index (κ3) is 3.95. The molecule has 1 unspecified atom stereocenters. The summed E-state index contributed by atoms with van der Waals surface area (Å²) < 4.78 is 0.